The van der Waals surface area contributed by atoms with Gasteiger partial charge in [-0.25, -0.2) is 4.79 Å². The Kier molecular flexibility index (Phi) is 24.2. The molecule has 1 spiro atoms. The lowest BCUT2D eigenvalue weighted by Crippen LogP contribution is -2.36. The minimum Gasteiger partial charge on any atom is -0.488 e. The van der Waals surface area contributed by atoms with Crippen molar-refractivity contribution < 1.29 is 85.7 Å². The van der Waals surface area contributed by atoms with Crippen molar-refractivity contribution in [2.45, 2.75) is 125 Å². The summed E-state index contributed by atoms with van der Waals surface area (Å²) >= 11 is 0. The number of hydrogen-bond acceptors (Lipinski definition) is 20. The molecule has 5 aromatic carbocycles. The van der Waals surface area contributed by atoms with Crippen LogP contribution >= 0.6 is 0 Å². The van der Waals surface area contributed by atoms with E-state index in [4.69, 9.17) is 47.4 Å². The van der Waals surface area contributed by atoms with E-state index in [0.29, 0.717) is 52.1 Å². The fourth-order valence-corrected chi connectivity index (χ4v) is 10.6. The average Bonchev–Trinajstić information content (AvgIpc) is 1.51. The molecule has 5 aromatic rings. The summed E-state index contributed by atoms with van der Waals surface area (Å²) in [5, 5.41) is 2.96. The summed E-state index contributed by atoms with van der Waals surface area (Å²) in [7, 11) is 0. The van der Waals surface area contributed by atoms with Crippen molar-refractivity contribution in [2.24, 2.45) is 0 Å². The molecule has 7 rings (SSSR count). The number of nitrogens with zero attached hydrogens (tertiary/aromatic N) is 2. The molecule has 1 amide bonds. The van der Waals surface area contributed by atoms with E-state index < -0.39 is 53.3 Å². The monoisotopic (exact) mass is 1210 g/mol. The number of carbonyl (C=O) groups excluding carboxylic acids is 8. The number of esters is 7. The first kappa shape index (κ1) is 66.4. The maximum Gasteiger partial charge on any atom is 0.340 e. The van der Waals surface area contributed by atoms with Crippen molar-refractivity contribution in [3.63, 3.8) is 0 Å². The highest BCUT2D eigenvalue weighted by molar-refractivity contribution is 6.06. The molecule has 88 heavy (non-hydrogen) atoms. The molecular formula is C67H79N3O18. The standard InChI is InChI=1S/C67H79N3O18/c1-9-15-17-19-23-45-33-51-58(37-56(45)85-43(7)71)87-59-38-57(86-44(8)72)46(24-20-18-16-10-2)34-52(59)67(51)50-35-47(27-29-49(50)66(78)88-67)65(77)68-48-28-30-54(70(41-63(75)81-13-5)42-64(76)82-14-6)60(36-48)84-32-31-83-55-26-22-21-25-53(55)69(39-61(73)79-11-3)40-62(74)80-12-4/h21-22,25-30,33-38H,9-20,23-24,31-32,39-42H2,1-8H3,(H,68,77). The third-order valence-electron chi connectivity index (χ3n) is 14.4. The van der Waals surface area contributed by atoms with Gasteiger partial charge in [-0.15, -0.1) is 0 Å². The molecule has 0 unspecified atom stereocenters. The van der Waals surface area contributed by atoms with Crippen molar-refractivity contribution in [3.8, 4) is 34.5 Å². The molecule has 0 radical (unpaired) electrons. The van der Waals surface area contributed by atoms with Gasteiger partial charge >= 0.3 is 41.8 Å². The lowest BCUT2D eigenvalue weighted by Gasteiger charge is -2.37. The van der Waals surface area contributed by atoms with E-state index in [9.17, 15) is 38.4 Å². The van der Waals surface area contributed by atoms with Crippen LogP contribution in [0, 0.1) is 0 Å². The first-order valence-corrected chi connectivity index (χ1v) is 30.2. The van der Waals surface area contributed by atoms with Gasteiger partial charge in [0.1, 0.15) is 73.9 Å². The van der Waals surface area contributed by atoms with Gasteiger partial charge < -0.3 is 62.5 Å². The van der Waals surface area contributed by atoms with E-state index >= 15 is 0 Å². The first-order valence-electron chi connectivity index (χ1n) is 30.2. The molecule has 0 bridgehead atoms. The van der Waals surface area contributed by atoms with Crippen LogP contribution in [0.4, 0.5) is 17.1 Å². The Labute approximate surface area is 513 Å². The molecule has 21 nitrogen and oxygen atoms in total. The maximum absolute atomic E-state index is 14.9. The molecular weight excluding hydrogens is 1130 g/mol. The third-order valence-corrected chi connectivity index (χ3v) is 14.4. The number of fused-ring (bicyclic) bond motifs is 6. The van der Waals surface area contributed by atoms with Gasteiger partial charge in [0.05, 0.1) is 43.4 Å². The number of para-hydroxylation sites is 2. The molecule has 0 saturated carbocycles. The summed E-state index contributed by atoms with van der Waals surface area (Å²) in [5.74, 6) is -3.46. The molecule has 0 aliphatic carbocycles. The number of anilines is 3. The number of nitrogens with one attached hydrogen (secondary N) is 1. The van der Waals surface area contributed by atoms with Gasteiger partial charge in [-0.3, -0.25) is 33.6 Å². The first-order chi connectivity index (χ1) is 42.5. The molecule has 1 N–H and O–H groups in total. The molecule has 0 atom stereocenters. The average molecular weight is 1210 g/mol. The van der Waals surface area contributed by atoms with Crippen LogP contribution in [0.3, 0.4) is 0 Å². The quantitative estimate of drug-likeness (QED) is 0.0177. The van der Waals surface area contributed by atoms with Crippen molar-refractivity contribution in [1.82, 2.24) is 0 Å². The zero-order valence-corrected chi connectivity index (χ0v) is 51.5. The SMILES string of the molecule is CCCCCCc1cc2c(cc1OC(C)=O)Oc1cc(OC(C)=O)c(CCCCCC)cc1C21OC(=O)c2ccc(C(=O)Nc3ccc(N(CC(=O)OCC)CC(=O)OCC)c(OCCOc4ccccc4N(CC(=O)OCC)CC(=O)OCC)c3)cc21. The van der Waals surface area contributed by atoms with Crippen molar-refractivity contribution >= 4 is 64.8 Å². The maximum atomic E-state index is 14.9. The number of unbranched alkanes of at least 4 members (excludes halogenated alkanes) is 6. The van der Waals surface area contributed by atoms with Crippen LogP contribution in [0.2, 0.25) is 0 Å². The Morgan fingerprint density at radius 2 is 0.977 bits per heavy atom. The second kappa shape index (κ2) is 32.0. The zero-order chi connectivity index (χ0) is 63.3. The molecule has 2 aliphatic heterocycles. The van der Waals surface area contributed by atoms with Gasteiger partial charge in [0.2, 0.25) is 0 Å². The van der Waals surface area contributed by atoms with E-state index in [2.05, 4.69) is 19.2 Å². The fraction of sp³-hybridized carbons (Fsp3) is 0.433. The number of carbonyl (C=O) groups is 8. The molecule has 2 aliphatic rings. The van der Waals surface area contributed by atoms with Crippen LogP contribution in [0.1, 0.15) is 155 Å². The van der Waals surface area contributed by atoms with Crippen LogP contribution in [-0.2, 0) is 70.9 Å². The lowest BCUT2D eigenvalue weighted by atomic mass is 9.75. The van der Waals surface area contributed by atoms with E-state index in [-0.39, 0.29) is 117 Å². The Hall–Kier alpha value is -9.14. The third kappa shape index (κ3) is 16.9. The number of hydrogen-bond donors (Lipinski definition) is 1. The molecule has 470 valence electrons. The van der Waals surface area contributed by atoms with Crippen LogP contribution in [0.5, 0.6) is 34.5 Å². The second-order valence-electron chi connectivity index (χ2n) is 20.9. The largest absolute Gasteiger partial charge is 0.488 e. The Balaban J connectivity index is 1.29. The van der Waals surface area contributed by atoms with E-state index in [1.165, 1.54) is 41.8 Å². The molecule has 21 heteroatoms. The Bertz CT molecular complexity index is 3220. The van der Waals surface area contributed by atoms with Crippen LogP contribution in [0.15, 0.2) is 84.9 Å². The van der Waals surface area contributed by atoms with Crippen LogP contribution in [0.25, 0.3) is 0 Å². The van der Waals surface area contributed by atoms with Crippen molar-refractivity contribution in [3.05, 3.63) is 124 Å². The van der Waals surface area contributed by atoms with Crippen molar-refractivity contribution in [1.29, 1.82) is 0 Å². The minimum absolute atomic E-state index is 0.0709. The van der Waals surface area contributed by atoms with Gasteiger partial charge in [-0.2, -0.15) is 0 Å². The van der Waals surface area contributed by atoms with Gasteiger partial charge in [0.25, 0.3) is 5.91 Å². The molecule has 0 aromatic heterocycles. The van der Waals surface area contributed by atoms with Gasteiger partial charge in [-0.1, -0.05) is 64.5 Å². The van der Waals surface area contributed by atoms with E-state index in [0.717, 1.165) is 51.4 Å². The highest BCUT2D eigenvalue weighted by atomic mass is 16.6. The highest BCUT2D eigenvalue weighted by Gasteiger charge is 2.54. The van der Waals surface area contributed by atoms with Crippen molar-refractivity contribution in [2.75, 3.05) is 80.9 Å². The topological polar surface area (TPSA) is 247 Å². The number of aryl methyl sites for hydroxylation is 2. The van der Waals surface area contributed by atoms with E-state index in [1.807, 2.05) is 12.1 Å². The summed E-state index contributed by atoms with van der Waals surface area (Å²) in [6.45, 7) is 12.3. The Morgan fingerprint density at radius 1 is 0.500 bits per heavy atom. The minimum atomic E-state index is -1.74. The number of ether oxygens (including phenoxy) is 10. The van der Waals surface area contributed by atoms with Gasteiger partial charge in [0, 0.05) is 60.0 Å². The predicted octanol–water partition coefficient (Wildman–Crippen LogP) is 10.9. The lowest BCUT2D eigenvalue weighted by molar-refractivity contribution is -0.144. The summed E-state index contributed by atoms with van der Waals surface area (Å²) in [6.07, 6.45) is 8.36. The summed E-state index contributed by atoms with van der Waals surface area (Å²) in [5.41, 5.74) is 1.95. The van der Waals surface area contributed by atoms with Gasteiger partial charge in [-0.05, 0) is 119 Å². The Morgan fingerprint density at radius 3 is 1.45 bits per heavy atom. The second-order valence-corrected chi connectivity index (χ2v) is 20.9. The summed E-state index contributed by atoms with van der Waals surface area (Å²) < 4.78 is 58.5. The molecule has 0 fully saturated rings. The smallest absolute Gasteiger partial charge is 0.340 e. The summed E-state index contributed by atoms with van der Waals surface area (Å²) in [4.78, 5) is 109. The fourth-order valence-electron chi connectivity index (χ4n) is 10.6. The number of rotatable bonds is 33. The van der Waals surface area contributed by atoms with Gasteiger partial charge in [0.15, 0.2) is 5.60 Å². The van der Waals surface area contributed by atoms with E-state index in [1.54, 1.807) is 82.3 Å². The molecule has 2 heterocycles. The van der Waals surface area contributed by atoms with Crippen LogP contribution < -0.4 is 38.8 Å². The zero-order valence-electron chi connectivity index (χ0n) is 51.5. The van der Waals surface area contributed by atoms with Crippen LogP contribution in [-0.4, -0.2) is 114 Å². The number of amides is 1. The molecule has 0 saturated heterocycles. The normalized spacial score (nSPS) is 12.2. The summed E-state index contributed by atoms with van der Waals surface area (Å²) in [6, 6.07) is 22.9. The highest BCUT2D eigenvalue weighted by Crippen LogP contribution is 2.58. The number of benzene rings is 5. The predicted molar refractivity (Wildman–Crippen MR) is 326 cm³/mol.